The zero-order valence-electron chi connectivity index (χ0n) is 11.8. The van der Waals surface area contributed by atoms with Crippen molar-refractivity contribution in [1.82, 2.24) is 8.61 Å². The van der Waals surface area contributed by atoms with Gasteiger partial charge in [-0.2, -0.15) is 17.0 Å². The number of rotatable bonds is 6. The van der Waals surface area contributed by atoms with Crippen molar-refractivity contribution in [1.29, 1.82) is 0 Å². The molecule has 1 aliphatic rings. The third kappa shape index (κ3) is 3.66. The fraction of sp³-hybridized carbons (Fsp3) is 1.00. The molecule has 0 aromatic carbocycles. The van der Waals surface area contributed by atoms with Crippen LogP contribution in [-0.4, -0.2) is 49.8 Å². The van der Waals surface area contributed by atoms with Crippen LogP contribution >= 0.6 is 0 Å². The van der Waals surface area contributed by atoms with E-state index in [-0.39, 0.29) is 6.04 Å². The van der Waals surface area contributed by atoms with Crippen LogP contribution < -0.4 is 5.73 Å². The molecule has 0 amide bonds. The monoisotopic (exact) mass is 277 g/mol. The molecule has 2 unspecified atom stereocenters. The summed E-state index contributed by atoms with van der Waals surface area (Å²) in [4.78, 5) is 0. The third-order valence-corrected chi connectivity index (χ3v) is 5.84. The summed E-state index contributed by atoms with van der Waals surface area (Å²) in [6, 6.07) is 0.0851. The van der Waals surface area contributed by atoms with Crippen LogP contribution in [0, 0.1) is 5.92 Å². The molecule has 0 bridgehead atoms. The molecule has 5 nitrogen and oxygen atoms in total. The molecule has 0 saturated carbocycles. The second kappa shape index (κ2) is 6.84. The summed E-state index contributed by atoms with van der Waals surface area (Å²) in [6.45, 7) is 5.77. The van der Waals surface area contributed by atoms with Crippen molar-refractivity contribution < 1.29 is 8.42 Å². The molecule has 2 atom stereocenters. The second-order valence-electron chi connectivity index (χ2n) is 5.28. The molecule has 0 aromatic rings. The number of nitrogens with zero attached hydrogens (tertiary/aromatic N) is 2. The lowest BCUT2D eigenvalue weighted by Crippen LogP contribution is -2.51. The molecule has 0 radical (unpaired) electrons. The van der Waals surface area contributed by atoms with Gasteiger partial charge in [-0.3, -0.25) is 0 Å². The van der Waals surface area contributed by atoms with Crippen molar-refractivity contribution in [3.8, 4) is 0 Å². The summed E-state index contributed by atoms with van der Waals surface area (Å²) in [6.07, 6.45) is 3.84. The minimum absolute atomic E-state index is 0.0851. The van der Waals surface area contributed by atoms with Gasteiger partial charge in [0.15, 0.2) is 0 Å². The van der Waals surface area contributed by atoms with E-state index < -0.39 is 10.2 Å². The highest BCUT2D eigenvalue weighted by Gasteiger charge is 2.35. The molecule has 0 spiro atoms. The van der Waals surface area contributed by atoms with E-state index in [1.165, 1.54) is 4.31 Å². The Morgan fingerprint density at radius 1 is 1.39 bits per heavy atom. The lowest BCUT2D eigenvalue weighted by molar-refractivity contribution is 0.199. The van der Waals surface area contributed by atoms with E-state index in [9.17, 15) is 8.42 Å². The fourth-order valence-electron chi connectivity index (χ4n) is 2.34. The first-order valence-electron chi connectivity index (χ1n) is 6.86. The van der Waals surface area contributed by atoms with Crippen LogP contribution in [0.5, 0.6) is 0 Å². The van der Waals surface area contributed by atoms with Gasteiger partial charge in [0.25, 0.3) is 10.2 Å². The van der Waals surface area contributed by atoms with Gasteiger partial charge in [-0.05, 0) is 38.6 Å². The summed E-state index contributed by atoms with van der Waals surface area (Å²) in [7, 11) is -1.64. The molecule has 0 aromatic heterocycles. The molecule has 6 heteroatoms. The SMILES string of the molecule is CCCCN(C)S(=O)(=O)N1CC(CN)CCC1C. The Labute approximate surface area is 112 Å². The third-order valence-electron chi connectivity index (χ3n) is 3.77. The maximum absolute atomic E-state index is 12.5. The van der Waals surface area contributed by atoms with Crippen molar-refractivity contribution in [2.24, 2.45) is 11.7 Å². The molecular formula is C12H27N3O2S. The summed E-state index contributed by atoms with van der Waals surface area (Å²) in [5.41, 5.74) is 5.68. The van der Waals surface area contributed by atoms with Gasteiger partial charge >= 0.3 is 0 Å². The molecule has 0 aliphatic carbocycles. The Morgan fingerprint density at radius 3 is 2.61 bits per heavy atom. The van der Waals surface area contributed by atoms with E-state index in [0.717, 1.165) is 25.7 Å². The average molecular weight is 277 g/mol. The highest BCUT2D eigenvalue weighted by atomic mass is 32.2. The van der Waals surface area contributed by atoms with Crippen LogP contribution in [0.25, 0.3) is 0 Å². The molecule has 1 saturated heterocycles. The Balaban J connectivity index is 2.75. The van der Waals surface area contributed by atoms with Gasteiger partial charge in [-0.1, -0.05) is 13.3 Å². The highest BCUT2D eigenvalue weighted by molar-refractivity contribution is 7.86. The maximum atomic E-state index is 12.5. The molecule has 1 rings (SSSR count). The van der Waals surface area contributed by atoms with Crippen LogP contribution in [-0.2, 0) is 10.2 Å². The van der Waals surface area contributed by atoms with Crippen molar-refractivity contribution in [2.75, 3.05) is 26.7 Å². The van der Waals surface area contributed by atoms with Crippen LogP contribution in [0.2, 0.25) is 0 Å². The topological polar surface area (TPSA) is 66.6 Å². The van der Waals surface area contributed by atoms with Gasteiger partial charge in [0.2, 0.25) is 0 Å². The number of hydrogen-bond acceptors (Lipinski definition) is 3. The Kier molecular flexibility index (Phi) is 6.04. The lowest BCUT2D eigenvalue weighted by Gasteiger charge is -2.38. The number of nitrogens with two attached hydrogens (primary N) is 1. The first kappa shape index (κ1) is 15.9. The van der Waals surface area contributed by atoms with E-state index in [1.54, 1.807) is 11.4 Å². The minimum atomic E-state index is -3.32. The zero-order valence-corrected chi connectivity index (χ0v) is 12.6. The van der Waals surface area contributed by atoms with E-state index in [2.05, 4.69) is 6.92 Å². The second-order valence-corrected chi connectivity index (χ2v) is 7.27. The molecule has 1 aliphatic heterocycles. The van der Waals surface area contributed by atoms with E-state index >= 15 is 0 Å². The smallest absolute Gasteiger partial charge is 0.281 e. The quantitative estimate of drug-likeness (QED) is 0.788. The van der Waals surface area contributed by atoms with Gasteiger partial charge in [0, 0.05) is 26.2 Å². The van der Waals surface area contributed by atoms with Crippen molar-refractivity contribution >= 4 is 10.2 Å². The number of piperidine rings is 1. The Morgan fingerprint density at radius 2 is 2.06 bits per heavy atom. The maximum Gasteiger partial charge on any atom is 0.281 e. The predicted octanol–water partition coefficient (Wildman–Crippen LogP) is 1.02. The van der Waals surface area contributed by atoms with E-state index in [0.29, 0.717) is 25.6 Å². The normalized spacial score (nSPS) is 26.7. The van der Waals surface area contributed by atoms with Gasteiger partial charge in [0.05, 0.1) is 0 Å². The fourth-order valence-corrected chi connectivity index (χ4v) is 4.01. The molecule has 108 valence electrons. The Bertz CT molecular complexity index is 345. The first-order chi connectivity index (χ1) is 8.43. The van der Waals surface area contributed by atoms with E-state index in [1.807, 2.05) is 6.92 Å². The summed E-state index contributed by atoms with van der Waals surface area (Å²) >= 11 is 0. The van der Waals surface area contributed by atoms with Gasteiger partial charge in [-0.25, -0.2) is 0 Å². The molecule has 18 heavy (non-hydrogen) atoms. The Hall–Kier alpha value is -0.170. The lowest BCUT2D eigenvalue weighted by atomic mass is 9.96. The molecular weight excluding hydrogens is 250 g/mol. The van der Waals surface area contributed by atoms with Crippen molar-refractivity contribution in [3.05, 3.63) is 0 Å². The van der Waals surface area contributed by atoms with Crippen LogP contribution in [0.15, 0.2) is 0 Å². The average Bonchev–Trinajstić information content (AvgIpc) is 2.36. The summed E-state index contributed by atoms with van der Waals surface area (Å²) < 4.78 is 28.1. The number of unbranched alkanes of at least 4 members (excludes halogenated alkanes) is 1. The first-order valence-corrected chi connectivity index (χ1v) is 8.26. The standard InChI is InChI=1S/C12H27N3O2S/c1-4-5-8-14(3)18(16,17)15-10-12(9-13)7-6-11(15)2/h11-12H,4-10,13H2,1-3H3. The van der Waals surface area contributed by atoms with Crippen molar-refractivity contribution in [2.45, 2.75) is 45.6 Å². The van der Waals surface area contributed by atoms with Gasteiger partial charge in [0.1, 0.15) is 0 Å². The summed E-state index contributed by atoms with van der Waals surface area (Å²) in [5, 5.41) is 0. The van der Waals surface area contributed by atoms with Gasteiger partial charge in [-0.15, -0.1) is 0 Å². The van der Waals surface area contributed by atoms with Gasteiger partial charge < -0.3 is 5.73 Å². The summed E-state index contributed by atoms with van der Waals surface area (Å²) in [5.74, 6) is 0.301. The predicted molar refractivity (Wildman–Crippen MR) is 74.4 cm³/mol. The molecule has 2 N–H and O–H groups in total. The zero-order chi connectivity index (χ0) is 13.8. The van der Waals surface area contributed by atoms with Crippen molar-refractivity contribution in [3.63, 3.8) is 0 Å². The van der Waals surface area contributed by atoms with Crippen LogP contribution in [0.1, 0.15) is 39.5 Å². The molecule has 1 heterocycles. The minimum Gasteiger partial charge on any atom is -0.330 e. The van der Waals surface area contributed by atoms with E-state index in [4.69, 9.17) is 5.73 Å². The molecule has 1 fully saturated rings. The highest BCUT2D eigenvalue weighted by Crippen LogP contribution is 2.25. The number of hydrogen-bond donors (Lipinski definition) is 1. The largest absolute Gasteiger partial charge is 0.330 e. The van der Waals surface area contributed by atoms with Crippen LogP contribution in [0.3, 0.4) is 0 Å². The van der Waals surface area contributed by atoms with Crippen LogP contribution in [0.4, 0.5) is 0 Å².